The quantitative estimate of drug-likeness (QED) is 0.395. The molecule has 1 heteroatoms. The second kappa shape index (κ2) is 1.97. The van der Waals surface area contributed by atoms with Gasteiger partial charge >= 0.3 is 0 Å². The van der Waals surface area contributed by atoms with Crippen molar-refractivity contribution in [2.75, 3.05) is 0 Å². The standard InChI is InChI=1S/C6H7O/c7-6-4-2-1-3-5-6/h1,5-6H,2,4H2/q-1. The highest BCUT2D eigenvalue weighted by Gasteiger charge is 1.88. The molecule has 0 aliphatic heterocycles. The lowest BCUT2D eigenvalue weighted by Crippen LogP contribution is -2.22. The Labute approximate surface area is 43.0 Å². The van der Waals surface area contributed by atoms with Gasteiger partial charge in [-0.3, -0.25) is 0 Å². The summed E-state index contributed by atoms with van der Waals surface area (Å²) in [6, 6.07) is 0. The fraction of sp³-hybridized carbons (Fsp3) is 0.500. The van der Waals surface area contributed by atoms with Gasteiger partial charge in [-0.25, -0.2) is 0 Å². The van der Waals surface area contributed by atoms with Gasteiger partial charge in [0.05, 0.1) is 0 Å². The summed E-state index contributed by atoms with van der Waals surface area (Å²) in [6.07, 6.45) is 4.65. The molecule has 0 amide bonds. The maximum atomic E-state index is 10.4. The monoisotopic (exact) mass is 95.1 g/mol. The summed E-state index contributed by atoms with van der Waals surface area (Å²) >= 11 is 0. The molecular weight excluding hydrogens is 88.1 g/mol. The van der Waals surface area contributed by atoms with E-state index in [1.54, 1.807) is 6.08 Å². The highest BCUT2D eigenvalue weighted by Crippen LogP contribution is 1.99. The molecule has 0 aromatic heterocycles. The molecule has 1 aliphatic carbocycles. The molecule has 0 saturated carbocycles. The molecule has 1 unspecified atom stereocenters. The zero-order valence-corrected chi connectivity index (χ0v) is 4.05. The van der Waals surface area contributed by atoms with Crippen LogP contribution in [0.4, 0.5) is 0 Å². The molecule has 0 N–H and O–H groups in total. The van der Waals surface area contributed by atoms with Crippen LogP contribution in [0.2, 0.25) is 0 Å². The third-order valence-electron chi connectivity index (χ3n) is 0.995. The van der Waals surface area contributed by atoms with Gasteiger partial charge in [-0.15, -0.1) is 5.73 Å². The van der Waals surface area contributed by atoms with E-state index in [-0.39, 0.29) is 0 Å². The summed E-state index contributed by atoms with van der Waals surface area (Å²) in [6.45, 7) is 0. The Morgan fingerprint density at radius 3 is 2.86 bits per heavy atom. The van der Waals surface area contributed by atoms with Crippen LogP contribution in [0.3, 0.4) is 0 Å². The summed E-state index contributed by atoms with van der Waals surface area (Å²) in [7, 11) is 0. The minimum Gasteiger partial charge on any atom is -0.849 e. The molecule has 7 heavy (non-hydrogen) atoms. The van der Waals surface area contributed by atoms with Crippen LogP contribution in [0, 0.1) is 0 Å². The first-order valence-electron chi connectivity index (χ1n) is 2.46. The second-order valence-electron chi connectivity index (χ2n) is 1.65. The smallest absolute Gasteiger partial charge is 0.0282 e. The molecule has 0 aromatic carbocycles. The van der Waals surface area contributed by atoms with Crippen LogP contribution in [-0.2, 0) is 0 Å². The van der Waals surface area contributed by atoms with Crippen molar-refractivity contribution in [3.05, 3.63) is 17.9 Å². The predicted octanol–water partition coefficient (Wildman–Crippen LogP) is 0.220. The van der Waals surface area contributed by atoms with Gasteiger partial charge in [-0.05, 0) is 12.5 Å². The van der Waals surface area contributed by atoms with Gasteiger partial charge < -0.3 is 5.11 Å². The molecular formula is C6H7O-. The van der Waals surface area contributed by atoms with E-state index in [1.165, 1.54) is 0 Å². The van der Waals surface area contributed by atoms with Crippen LogP contribution in [0.1, 0.15) is 12.8 Å². The van der Waals surface area contributed by atoms with Crippen molar-refractivity contribution >= 4 is 0 Å². The molecule has 0 aromatic rings. The third kappa shape index (κ3) is 1.19. The Morgan fingerprint density at radius 2 is 2.57 bits per heavy atom. The average Bonchev–Trinajstić information content (AvgIpc) is 1.69. The molecule has 38 valence electrons. The normalized spacial score (nSPS) is 28.4. The fourth-order valence-corrected chi connectivity index (χ4v) is 0.590. The Kier molecular flexibility index (Phi) is 1.30. The Morgan fingerprint density at radius 1 is 1.71 bits per heavy atom. The topological polar surface area (TPSA) is 23.1 Å². The first-order valence-corrected chi connectivity index (χ1v) is 2.46. The van der Waals surface area contributed by atoms with E-state index >= 15 is 0 Å². The van der Waals surface area contributed by atoms with Crippen LogP contribution < -0.4 is 5.11 Å². The maximum absolute atomic E-state index is 10.4. The van der Waals surface area contributed by atoms with Gasteiger partial charge in [-0.2, -0.15) is 0 Å². The van der Waals surface area contributed by atoms with Gasteiger partial charge in [-0.1, -0.05) is 18.6 Å². The Hall–Kier alpha value is -0.520. The first kappa shape index (κ1) is 4.63. The summed E-state index contributed by atoms with van der Waals surface area (Å²) in [5.74, 6) is 0. The second-order valence-corrected chi connectivity index (χ2v) is 1.65. The van der Waals surface area contributed by atoms with E-state index in [2.05, 4.69) is 5.73 Å². The molecule has 0 saturated heterocycles. The zero-order chi connectivity index (χ0) is 5.11. The summed E-state index contributed by atoms with van der Waals surface area (Å²) in [5.41, 5.74) is 2.77. The van der Waals surface area contributed by atoms with E-state index in [1.807, 2.05) is 6.08 Å². The highest BCUT2D eigenvalue weighted by atomic mass is 16.3. The average molecular weight is 95.1 g/mol. The molecule has 0 bridgehead atoms. The van der Waals surface area contributed by atoms with E-state index in [9.17, 15) is 5.11 Å². The summed E-state index contributed by atoms with van der Waals surface area (Å²) < 4.78 is 0. The lowest BCUT2D eigenvalue weighted by molar-refractivity contribution is -0.404. The third-order valence-corrected chi connectivity index (χ3v) is 0.995. The predicted molar refractivity (Wildman–Crippen MR) is 25.7 cm³/mol. The number of rotatable bonds is 0. The Bertz CT molecular complexity index is 109. The van der Waals surface area contributed by atoms with Gasteiger partial charge in [0, 0.05) is 0 Å². The molecule has 0 radical (unpaired) electrons. The largest absolute Gasteiger partial charge is 0.849 e. The molecule has 0 heterocycles. The van der Waals surface area contributed by atoms with E-state index < -0.39 is 6.10 Å². The molecule has 1 rings (SSSR count). The van der Waals surface area contributed by atoms with Crippen LogP contribution >= 0.6 is 0 Å². The SMILES string of the molecule is [O-]C1C=C=CCC1. The molecule has 0 spiro atoms. The lowest BCUT2D eigenvalue weighted by atomic mass is 10.1. The first-order chi connectivity index (χ1) is 3.39. The molecule has 1 aliphatic rings. The molecule has 1 atom stereocenters. The van der Waals surface area contributed by atoms with Gasteiger partial charge in [0.25, 0.3) is 0 Å². The number of hydrogen-bond donors (Lipinski definition) is 0. The lowest BCUT2D eigenvalue weighted by Gasteiger charge is -2.16. The van der Waals surface area contributed by atoms with Crippen LogP contribution in [0.5, 0.6) is 0 Å². The zero-order valence-electron chi connectivity index (χ0n) is 4.05. The van der Waals surface area contributed by atoms with E-state index in [0.29, 0.717) is 0 Å². The van der Waals surface area contributed by atoms with Crippen LogP contribution in [0.15, 0.2) is 17.9 Å². The van der Waals surface area contributed by atoms with Gasteiger partial charge in [0.2, 0.25) is 0 Å². The maximum Gasteiger partial charge on any atom is -0.0282 e. The van der Waals surface area contributed by atoms with Crippen molar-refractivity contribution in [2.24, 2.45) is 0 Å². The van der Waals surface area contributed by atoms with E-state index in [0.717, 1.165) is 12.8 Å². The summed E-state index contributed by atoms with van der Waals surface area (Å²) in [4.78, 5) is 0. The molecule has 0 fully saturated rings. The van der Waals surface area contributed by atoms with Crippen LogP contribution in [-0.4, -0.2) is 6.10 Å². The minimum absolute atomic E-state index is 0.481. The van der Waals surface area contributed by atoms with Crippen molar-refractivity contribution in [3.8, 4) is 0 Å². The van der Waals surface area contributed by atoms with Crippen molar-refractivity contribution < 1.29 is 5.11 Å². The van der Waals surface area contributed by atoms with Crippen molar-refractivity contribution in [2.45, 2.75) is 18.9 Å². The molecule has 1 nitrogen and oxygen atoms in total. The van der Waals surface area contributed by atoms with Crippen molar-refractivity contribution in [3.63, 3.8) is 0 Å². The van der Waals surface area contributed by atoms with Crippen LogP contribution in [0.25, 0.3) is 0 Å². The van der Waals surface area contributed by atoms with Crippen molar-refractivity contribution in [1.82, 2.24) is 0 Å². The number of hydrogen-bond acceptors (Lipinski definition) is 1. The summed E-state index contributed by atoms with van der Waals surface area (Å²) in [5, 5.41) is 10.4. The fourth-order valence-electron chi connectivity index (χ4n) is 0.590. The van der Waals surface area contributed by atoms with Gasteiger partial charge in [0.15, 0.2) is 0 Å². The minimum atomic E-state index is -0.481. The van der Waals surface area contributed by atoms with E-state index in [4.69, 9.17) is 0 Å². The Balaban J connectivity index is 2.57. The highest BCUT2D eigenvalue weighted by molar-refractivity contribution is 4.94. The van der Waals surface area contributed by atoms with Gasteiger partial charge in [0.1, 0.15) is 0 Å². The van der Waals surface area contributed by atoms with Crippen molar-refractivity contribution in [1.29, 1.82) is 0 Å².